The van der Waals surface area contributed by atoms with Gasteiger partial charge in [0.2, 0.25) is 11.8 Å². The van der Waals surface area contributed by atoms with Crippen LogP contribution in [0.1, 0.15) is 55.2 Å². The van der Waals surface area contributed by atoms with Crippen LogP contribution in [0, 0.1) is 11.3 Å². The summed E-state index contributed by atoms with van der Waals surface area (Å²) in [4.78, 5) is 37.7. The molecule has 37 heavy (non-hydrogen) atoms. The molecule has 2 amide bonds. The van der Waals surface area contributed by atoms with Crippen molar-refractivity contribution in [1.29, 1.82) is 5.41 Å². The molecule has 0 aliphatic heterocycles. The monoisotopic (exact) mass is 507 g/mol. The molecule has 3 rings (SSSR count). The van der Waals surface area contributed by atoms with Gasteiger partial charge in [-0.25, -0.2) is 0 Å². The fourth-order valence-electron chi connectivity index (χ4n) is 4.70. The highest BCUT2D eigenvalue weighted by Crippen LogP contribution is 2.27. The van der Waals surface area contributed by atoms with Gasteiger partial charge < -0.3 is 21.5 Å². The average molecular weight is 508 g/mol. The van der Waals surface area contributed by atoms with Gasteiger partial charge in [0.1, 0.15) is 11.9 Å². The molecule has 0 spiro atoms. The van der Waals surface area contributed by atoms with Crippen molar-refractivity contribution in [2.75, 3.05) is 6.54 Å². The molecule has 2 aromatic rings. The highest BCUT2D eigenvalue weighted by atomic mass is 16.4. The van der Waals surface area contributed by atoms with Crippen molar-refractivity contribution >= 4 is 23.6 Å². The molecule has 198 valence electrons. The molecule has 1 aliphatic rings. The number of nitrogens with two attached hydrogens (primary N) is 1. The summed E-state index contributed by atoms with van der Waals surface area (Å²) in [6.07, 6.45) is 6.31. The Balaban J connectivity index is 1.69. The number of aliphatic carboxylic acids is 1. The number of benzene rings is 2. The Morgan fingerprint density at radius 3 is 2.22 bits per heavy atom. The highest BCUT2D eigenvalue weighted by Gasteiger charge is 2.28. The molecule has 1 fully saturated rings. The second-order valence-electron chi connectivity index (χ2n) is 9.65. The van der Waals surface area contributed by atoms with Crippen LogP contribution in [-0.2, 0) is 27.3 Å². The summed E-state index contributed by atoms with van der Waals surface area (Å²) in [6, 6.07) is 14.9. The van der Waals surface area contributed by atoms with E-state index in [2.05, 4.69) is 16.0 Å². The van der Waals surface area contributed by atoms with Crippen LogP contribution in [0.15, 0.2) is 54.6 Å². The smallest absolute Gasteiger partial charge is 0.317 e. The van der Waals surface area contributed by atoms with Gasteiger partial charge in [0.15, 0.2) is 0 Å². The van der Waals surface area contributed by atoms with Crippen LogP contribution in [0.3, 0.4) is 0 Å². The lowest BCUT2D eigenvalue weighted by molar-refractivity contribution is -0.136. The Hall–Kier alpha value is -3.72. The van der Waals surface area contributed by atoms with Crippen LogP contribution in [0.2, 0.25) is 0 Å². The van der Waals surface area contributed by atoms with Crippen LogP contribution in [0.4, 0.5) is 0 Å². The molecule has 0 aromatic heterocycles. The molecular weight excluding hydrogens is 470 g/mol. The molecular formula is C28H37N5O4. The fraction of sp³-hybridized carbons (Fsp3) is 0.429. The van der Waals surface area contributed by atoms with Crippen LogP contribution < -0.4 is 21.7 Å². The van der Waals surface area contributed by atoms with E-state index in [4.69, 9.17) is 16.2 Å². The maximum atomic E-state index is 13.3. The zero-order chi connectivity index (χ0) is 26.6. The molecule has 9 nitrogen and oxygen atoms in total. The Kier molecular flexibility index (Phi) is 10.6. The van der Waals surface area contributed by atoms with Gasteiger partial charge >= 0.3 is 5.97 Å². The van der Waals surface area contributed by atoms with Crippen LogP contribution in [0.25, 0.3) is 0 Å². The maximum absolute atomic E-state index is 13.3. The zero-order valence-corrected chi connectivity index (χ0v) is 21.0. The van der Waals surface area contributed by atoms with Crippen molar-refractivity contribution in [3.05, 3.63) is 71.3 Å². The van der Waals surface area contributed by atoms with Crippen LogP contribution in [0.5, 0.6) is 0 Å². The van der Waals surface area contributed by atoms with Crippen molar-refractivity contribution in [3.63, 3.8) is 0 Å². The lowest BCUT2D eigenvalue weighted by Gasteiger charge is -2.28. The summed E-state index contributed by atoms with van der Waals surface area (Å²) in [5.74, 6) is -1.40. The van der Waals surface area contributed by atoms with Crippen molar-refractivity contribution in [3.8, 4) is 0 Å². The summed E-state index contributed by atoms with van der Waals surface area (Å²) < 4.78 is 0. The van der Waals surface area contributed by atoms with Gasteiger partial charge in [-0.1, -0.05) is 86.7 Å². The number of carboxylic acids is 1. The lowest BCUT2D eigenvalue weighted by atomic mass is 9.84. The van der Waals surface area contributed by atoms with E-state index in [0.29, 0.717) is 24.3 Å². The Morgan fingerprint density at radius 2 is 1.59 bits per heavy atom. The molecule has 0 saturated heterocycles. The first-order valence-electron chi connectivity index (χ1n) is 12.8. The highest BCUT2D eigenvalue weighted by molar-refractivity contribution is 5.95. The largest absolute Gasteiger partial charge is 0.480 e. The number of carboxylic acid groups (broad SMARTS) is 1. The second kappa shape index (κ2) is 14.1. The number of amides is 2. The van der Waals surface area contributed by atoms with E-state index in [9.17, 15) is 14.4 Å². The number of hydrogen-bond donors (Lipinski definition) is 6. The molecule has 0 bridgehead atoms. The van der Waals surface area contributed by atoms with Crippen molar-refractivity contribution < 1.29 is 19.5 Å². The molecule has 9 heteroatoms. The molecule has 0 radical (unpaired) electrons. The first-order valence-corrected chi connectivity index (χ1v) is 12.8. The Morgan fingerprint density at radius 1 is 0.919 bits per heavy atom. The number of carbonyl (C=O) groups excluding carboxylic acids is 2. The number of carbonyl (C=O) groups is 3. The van der Waals surface area contributed by atoms with Gasteiger partial charge in [-0.2, -0.15) is 0 Å². The van der Waals surface area contributed by atoms with Gasteiger partial charge in [-0.05, 0) is 23.5 Å². The van der Waals surface area contributed by atoms with Crippen molar-refractivity contribution in [2.45, 2.75) is 63.6 Å². The number of amidine groups is 1. The summed E-state index contributed by atoms with van der Waals surface area (Å²) in [5.41, 5.74) is 7.84. The number of rotatable bonds is 13. The van der Waals surface area contributed by atoms with Gasteiger partial charge in [-0.3, -0.25) is 25.1 Å². The lowest BCUT2D eigenvalue weighted by Crippen LogP contribution is -2.54. The SMILES string of the molecule is N=C(N)c1ccc(CNC(=O)[C@H](Cc2ccccc2)NC(=O)[C@@H](CC2CCCCC2)NCC(=O)O)cc1. The third-order valence-electron chi connectivity index (χ3n) is 6.76. The van der Waals surface area contributed by atoms with Gasteiger partial charge in [0.25, 0.3) is 0 Å². The van der Waals surface area contributed by atoms with Crippen LogP contribution in [-0.4, -0.2) is 47.4 Å². The van der Waals surface area contributed by atoms with Gasteiger partial charge in [-0.15, -0.1) is 0 Å². The summed E-state index contributed by atoms with van der Waals surface area (Å²) in [7, 11) is 0. The maximum Gasteiger partial charge on any atom is 0.317 e. The zero-order valence-electron chi connectivity index (χ0n) is 21.0. The van der Waals surface area contributed by atoms with E-state index < -0.39 is 18.1 Å². The molecule has 0 unspecified atom stereocenters. The molecule has 7 N–H and O–H groups in total. The molecule has 1 aliphatic carbocycles. The molecule has 2 atom stereocenters. The minimum absolute atomic E-state index is 0.0273. The average Bonchev–Trinajstić information content (AvgIpc) is 2.90. The minimum Gasteiger partial charge on any atom is -0.480 e. The molecule has 2 aromatic carbocycles. The fourth-order valence-corrected chi connectivity index (χ4v) is 4.70. The summed E-state index contributed by atoms with van der Waals surface area (Å²) in [6.45, 7) is -0.0719. The number of nitrogen functional groups attached to an aromatic ring is 1. The minimum atomic E-state index is -1.03. The predicted octanol–water partition coefficient (Wildman–Crippen LogP) is 2.33. The van der Waals surface area contributed by atoms with E-state index in [1.165, 1.54) is 6.42 Å². The quantitative estimate of drug-likeness (QED) is 0.180. The van der Waals surface area contributed by atoms with E-state index >= 15 is 0 Å². The first-order chi connectivity index (χ1) is 17.8. The van der Waals surface area contributed by atoms with E-state index in [1.54, 1.807) is 24.3 Å². The van der Waals surface area contributed by atoms with Crippen LogP contribution >= 0.6 is 0 Å². The molecule has 0 heterocycles. The van der Waals surface area contributed by atoms with Gasteiger partial charge in [0.05, 0.1) is 12.6 Å². The Labute approximate surface area is 217 Å². The summed E-state index contributed by atoms with van der Waals surface area (Å²) >= 11 is 0. The standard InChI is InChI=1S/C28H37N5O4/c29-26(30)22-13-11-21(12-14-22)17-32-27(36)24(16-20-9-5-2-6-10-20)33-28(37)23(31-18-25(34)35)15-19-7-3-1-4-8-19/h2,5-6,9-14,19,23-24,31H,1,3-4,7-8,15-18H2,(H3,29,30)(H,32,36)(H,33,37)(H,34,35)/t23-,24+/m1/s1. The number of nitrogens with one attached hydrogen (secondary N) is 4. The topological polar surface area (TPSA) is 157 Å². The predicted molar refractivity (Wildman–Crippen MR) is 142 cm³/mol. The van der Waals surface area contributed by atoms with Crippen molar-refractivity contribution in [1.82, 2.24) is 16.0 Å². The van der Waals surface area contributed by atoms with Crippen molar-refractivity contribution in [2.24, 2.45) is 11.7 Å². The van der Waals surface area contributed by atoms with E-state index in [1.807, 2.05) is 30.3 Å². The third kappa shape index (κ3) is 9.34. The Bertz CT molecular complexity index is 1050. The van der Waals surface area contributed by atoms with E-state index in [-0.39, 0.29) is 30.7 Å². The number of hydrogen-bond acceptors (Lipinski definition) is 5. The normalized spacial score (nSPS) is 15.4. The third-order valence-corrected chi connectivity index (χ3v) is 6.76. The van der Waals surface area contributed by atoms with Gasteiger partial charge in [0, 0.05) is 18.5 Å². The first kappa shape index (κ1) is 27.9. The summed E-state index contributed by atoms with van der Waals surface area (Å²) in [5, 5.41) is 25.3. The molecule has 1 saturated carbocycles. The van der Waals surface area contributed by atoms with E-state index in [0.717, 1.165) is 36.8 Å². The second-order valence-corrected chi connectivity index (χ2v) is 9.65.